The van der Waals surface area contributed by atoms with Gasteiger partial charge in [0.1, 0.15) is 18.1 Å². The summed E-state index contributed by atoms with van der Waals surface area (Å²) in [5, 5.41) is 8.90. The highest BCUT2D eigenvalue weighted by Gasteiger charge is 2.16. The molecule has 0 saturated heterocycles. The van der Waals surface area contributed by atoms with Gasteiger partial charge in [0.15, 0.2) is 0 Å². The lowest BCUT2D eigenvalue weighted by atomic mass is 10.4. The maximum atomic E-state index is 11.7. The van der Waals surface area contributed by atoms with Crippen LogP contribution in [0.1, 0.15) is 23.2 Å². The van der Waals surface area contributed by atoms with Gasteiger partial charge in [0.2, 0.25) is 5.91 Å². The molecule has 0 spiro atoms. The number of carbonyl (C=O) groups excluding carboxylic acids is 1. The summed E-state index contributed by atoms with van der Waals surface area (Å²) in [4.78, 5) is 27.9. The van der Waals surface area contributed by atoms with Gasteiger partial charge in [-0.05, 0) is 13.8 Å². The fourth-order valence-electron chi connectivity index (χ4n) is 1.27. The highest BCUT2D eigenvalue weighted by molar-refractivity contribution is 5.86. The minimum absolute atomic E-state index is 0.0117. The van der Waals surface area contributed by atoms with E-state index in [2.05, 4.69) is 4.98 Å². The first-order valence-corrected chi connectivity index (χ1v) is 4.96. The van der Waals surface area contributed by atoms with Crippen molar-refractivity contribution in [2.24, 2.45) is 0 Å². The SMILES string of the molecule is CCN(C)C(=O)Cn1c(C(=O)O)cnc1C. The molecular formula is C10H15N3O3. The molecule has 1 aromatic heterocycles. The van der Waals surface area contributed by atoms with Crippen molar-refractivity contribution in [2.45, 2.75) is 20.4 Å². The molecule has 1 heterocycles. The predicted octanol–water partition coefficient (Wildman–Crippen LogP) is 0.368. The standard InChI is InChI=1S/C10H15N3O3/c1-4-12(3)9(14)6-13-7(2)11-5-8(13)10(15)16/h5H,4,6H2,1-3H3,(H,15,16). The van der Waals surface area contributed by atoms with Crippen molar-refractivity contribution < 1.29 is 14.7 Å². The number of aryl methyl sites for hydroxylation is 1. The number of hydrogen-bond donors (Lipinski definition) is 1. The Morgan fingerprint density at radius 3 is 2.69 bits per heavy atom. The lowest BCUT2D eigenvalue weighted by Crippen LogP contribution is -2.31. The summed E-state index contributed by atoms with van der Waals surface area (Å²) in [5.74, 6) is -0.686. The van der Waals surface area contributed by atoms with Crippen molar-refractivity contribution in [3.8, 4) is 0 Å². The monoisotopic (exact) mass is 225 g/mol. The highest BCUT2D eigenvalue weighted by atomic mass is 16.4. The van der Waals surface area contributed by atoms with E-state index in [-0.39, 0.29) is 18.1 Å². The summed E-state index contributed by atoms with van der Waals surface area (Å²) in [6.45, 7) is 4.13. The number of rotatable bonds is 4. The molecule has 0 aliphatic heterocycles. The number of aromatic nitrogens is 2. The fraction of sp³-hybridized carbons (Fsp3) is 0.500. The van der Waals surface area contributed by atoms with E-state index in [1.165, 1.54) is 15.7 Å². The summed E-state index contributed by atoms with van der Waals surface area (Å²) in [5.41, 5.74) is 0.0374. The summed E-state index contributed by atoms with van der Waals surface area (Å²) in [6, 6.07) is 0. The molecule has 0 aliphatic rings. The van der Waals surface area contributed by atoms with E-state index in [1.807, 2.05) is 6.92 Å². The predicted molar refractivity (Wildman–Crippen MR) is 57.2 cm³/mol. The molecule has 0 atom stereocenters. The molecule has 1 aromatic rings. The molecule has 0 fully saturated rings. The van der Waals surface area contributed by atoms with Gasteiger partial charge < -0.3 is 14.6 Å². The average Bonchev–Trinajstić information content (AvgIpc) is 2.59. The molecule has 0 bridgehead atoms. The van der Waals surface area contributed by atoms with Gasteiger partial charge in [-0.3, -0.25) is 4.79 Å². The van der Waals surface area contributed by atoms with Gasteiger partial charge in [0.05, 0.1) is 6.20 Å². The zero-order valence-corrected chi connectivity index (χ0v) is 9.60. The van der Waals surface area contributed by atoms with Crippen LogP contribution in [-0.4, -0.2) is 45.0 Å². The Balaban J connectivity index is 2.92. The van der Waals surface area contributed by atoms with Crippen LogP contribution in [-0.2, 0) is 11.3 Å². The zero-order valence-electron chi connectivity index (χ0n) is 9.60. The molecule has 1 rings (SSSR count). The molecule has 0 saturated carbocycles. The van der Waals surface area contributed by atoms with E-state index < -0.39 is 5.97 Å². The smallest absolute Gasteiger partial charge is 0.354 e. The third kappa shape index (κ3) is 2.39. The Kier molecular flexibility index (Phi) is 3.65. The molecule has 16 heavy (non-hydrogen) atoms. The van der Waals surface area contributed by atoms with Crippen LogP contribution in [0.5, 0.6) is 0 Å². The van der Waals surface area contributed by atoms with Crippen LogP contribution in [0.15, 0.2) is 6.20 Å². The third-order valence-corrected chi connectivity index (χ3v) is 2.47. The molecular weight excluding hydrogens is 210 g/mol. The third-order valence-electron chi connectivity index (χ3n) is 2.47. The van der Waals surface area contributed by atoms with Crippen LogP contribution in [0.3, 0.4) is 0 Å². The number of amides is 1. The Hall–Kier alpha value is -1.85. The van der Waals surface area contributed by atoms with Crippen molar-refractivity contribution in [3.63, 3.8) is 0 Å². The summed E-state index contributed by atoms with van der Waals surface area (Å²) in [6.07, 6.45) is 1.26. The second kappa shape index (κ2) is 4.78. The molecule has 6 heteroatoms. The van der Waals surface area contributed by atoms with Crippen LogP contribution in [0.25, 0.3) is 0 Å². The van der Waals surface area contributed by atoms with Crippen molar-refractivity contribution in [1.82, 2.24) is 14.5 Å². The number of nitrogens with zero attached hydrogens (tertiary/aromatic N) is 3. The van der Waals surface area contributed by atoms with E-state index in [9.17, 15) is 9.59 Å². The van der Waals surface area contributed by atoms with Crippen molar-refractivity contribution in [3.05, 3.63) is 17.7 Å². The van der Waals surface area contributed by atoms with E-state index in [4.69, 9.17) is 5.11 Å². The molecule has 0 unspecified atom stereocenters. The van der Waals surface area contributed by atoms with Gasteiger partial charge in [0, 0.05) is 13.6 Å². The Morgan fingerprint density at radius 1 is 1.56 bits per heavy atom. The largest absolute Gasteiger partial charge is 0.477 e. The Labute approximate surface area is 93.5 Å². The number of likely N-dealkylation sites (N-methyl/N-ethyl adjacent to an activating group) is 1. The van der Waals surface area contributed by atoms with Gasteiger partial charge in [-0.25, -0.2) is 9.78 Å². The van der Waals surface area contributed by atoms with E-state index in [0.717, 1.165) is 0 Å². The van der Waals surface area contributed by atoms with Crippen molar-refractivity contribution in [2.75, 3.05) is 13.6 Å². The topological polar surface area (TPSA) is 75.4 Å². The maximum absolute atomic E-state index is 11.7. The number of aromatic carboxylic acids is 1. The summed E-state index contributed by atoms with van der Waals surface area (Å²) < 4.78 is 1.40. The van der Waals surface area contributed by atoms with Crippen LogP contribution in [0.2, 0.25) is 0 Å². The van der Waals surface area contributed by atoms with Gasteiger partial charge in [-0.2, -0.15) is 0 Å². The first-order chi connectivity index (χ1) is 7.47. The summed E-state index contributed by atoms with van der Waals surface area (Å²) >= 11 is 0. The Bertz CT molecular complexity index is 411. The number of carboxylic acids is 1. The van der Waals surface area contributed by atoms with Crippen molar-refractivity contribution in [1.29, 1.82) is 0 Å². The quantitative estimate of drug-likeness (QED) is 0.803. The van der Waals surface area contributed by atoms with E-state index >= 15 is 0 Å². The van der Waals surface area contributed by atoms with E-state index in [0.29, 0.717) is 12.4 Å². The van der Waals surface area contributed by atoms with Gasteiger partial charge in [-0.15, -0.1) is 0 Å². The van der Waals surface area contributed by atoms with Crippen molar-refractivity contribution >= 4 is 11.9 Å². The lowest BCUT2D eigenvalue weighted by Gasteiger charge is -2.15. The minimum Gasteiger partial charge on any atom is -0.477 e. The second-order valence-electron chi connectivity index (χ2n) is 3.49. The molecule has 6 nitrogen and oxygen atoms in total. The first kappa shape index (κ1) is 12.2. The number of carbonyl (C=O) groups is 2. The van der Waals surface area contributed by atoms with Gasteiger partial charge in [-0.1, -0.05) is 0 Å². The van der Waals surface area contributed by atoms with Crippen LogP contribution in [0, 0.1) is 6.92 Å². The average molecular weight is 225 g/mol. The lowest BCUT2D eigenvalue weighted by molar-refractivity contribution is -0.130. The number of hydrogen-bond acceptors (Lipinski definition) is 3. The fourth-order valence-corrected chi connectivity index (χ4v) is 1.27. The Morgan fingerprint density at radius 2 is 2.19 bits per heavy atom. The number of imidazole rings is 1. The second-order valence-corrected chi connectivity index (χ2v) is 3.49. The molecule has 1 N–H and O–H groups in total. The first-order valence-electron chi connectivity index (χ1n) is 4.96. The van der Waals surface area contributed by atoms with Gasteiger partial charge in [0.25, 0.3) is 0 Å². The van der Waals surface area contributed by atoms with Crippen LogP contribution >= 0.6 is 0 Å². The molecule has 0 aliphatic carbocycles. The number of carboxylic acid groups (broad SMARTS) is 1. The van der Waals surface area contributed by atoms with Gasteiger partial charge >= 0.3 is 5.97 Å². The molecule has 0 radical (unpaired) electrons. The molecule has 1 amide bonds. The van der Waals surface area contributed by atoms with E-state index in [1.54, 1.807) is 14.0 Å². The van der Waals surface area contributed by atoms with Crippen LogP contribution in [0.4, 0.5) is 0 Å². The normalized spacial score (nSPS) is 10.2. The minimum atomic E-state index is -1.08. The molecule has 88 valence electrons. The highest BCUT2D eigenvalue weighted by Crippen LogP contribution is 2.05. The molecule has 0 aromatic carbocycles. The van der Waals surface area contributed by atoms with Crippen LogP contribution < -0.4 is 0 Å². The maximum Gasteiger partial charge on any atom is 0.354 e. The zero-order chi connectivity index (χ0) is 12.3. The summed E-state index contributed by atoms with van der Waals surface area (Å²) in [7, 11) is 1.68.